The summed E-state index contributed by atoms with van der Waals surface area (Å²) in [6.07, 6.45) is 0.917. The van der Waals surface area contributed by atoms with Gasteiger partial charge in [-0.1, -0.05) is 31.2 Å². The standard InChI is InChI=1S/C19H17NO3S2/c1-3-13-4-6-14(7-5-13)16(21)10-23-19(22)17-12(2)20-18(25-17)15-8-9-24-11-15/h4-9,11H,3,10H2,1-2H3. The van der Waals surface area contributed by atoms with Crippen molar-refractivity contribution in [1.29, 1.82) is 0 Å². The van der Waals surface area contributed by atoms with E-state index in [1.807, 2.05) is 29.0 Å². The van der Waals surface area contributed by atoms with Crippen molar-refractivity contribution in [3.8, 4) is 10.6 Å². The first-order valence-corrected chi connectivity index (χ1v) is 9.63. The molecule has 0 aliphatic rings. The molecule has 128 valence electrons. The number of ether oxygens (including phenoxy) is 1. The van der Waals surface area contributed by atoms with Crippen LogP contribution in [0.4, 0.5) is 0 Å². The summed E-state index contributed by atoms with van der Waals surface area (Å²) in [5, 5.41) is 4.73. The molecule has 4 nitrogen and oxygen atoms in total. The molecule has 0 radical (unpaired) electrons. The number of carbonyl (C=O) groups excluding carboxylic acids is 2. The number of Topliss-reactive ketones (excluding diaryl/α,β-unsaturated/α-hetero) is 1. The Hall–Kier alpha value is -2.31. The first kappa shape index (κ1) is 17.5. The number of aryl methyl sites for hydroxylation is 2. The number of esters is 1. The quantitative estimate of drug-likeness (QED) is 0.462. The maximum Gasteiger partial charge on any atom is 0.350 e. The van der Waals surface area contributed by atoms with Crippen LogP contribution in [0.15, 0.2) is 41.1 Å². The molecule has 6 heteroatoms. The lowest BCUT2D eigenvalue weighted by molar-refractivity contribution is 0.0478. The van der Waals surface area contributed by atoms with Crippen LogP contribution in [-0.2, 0) is 11.2 Å². The zero-order valence-corrected chi connectivity index (χ0v) is 15.6. The van der Waals surface area contributed by atoms with Crippen LogP contribution in [0.5, 0.6) is 0 Å². The molecule has 0 saturated carbocycles. The van der Waals surface area contributed by atoms with Gasteiger partial charge in [0, 0.05) is 16.5 Å². The van der Waals surface area contributed by atoms with Crippen LogP contribution in [-0.4, -0.2) is 23.3 Å². The number of ketones is 1. The molecule has 0 bridgehead atoms. The highest BCUT2D eigenvalue weighted by Crippen LogP contribution is 2.29. The first-order chi connectivity index (χ1) is 12.1. The summed E-state index contributed by atoms with van der Waals surface area (Å²) < 4.78 is 5.20. The average Bonchev–Trinajstić information content (AvgIpc) is 3.29. The minimum Gasteiger partial charge on any atom is -0.453 e. The molecule has 0 N–H and O–H groups in total. The number of hydrogen-bond acceptors (Lipinski definition) is 6. The van der Waals surface area contributed by atoms with E-state index in [0.717, 1.165) is 22.6 Å². The van der Waals surface area contributed by atoms with E-state index in [-0.39, 0.29) is 12.4 Å². The van der Waals surface area contributed by atoms with Gasteiger partial charge in [-0.05, 0) is 30.4 Å². The molecule has 0 amide bonds. The fraction of sp³-hybridized carbons (Fsp3) is 0.211. The van der Waals surface area contributed by atoms with Gasteiger partial charge in [0.05, 0.1) is 5.69 Å². The Morgan fingerprint density at radius 3 is 2.56 bits per heavy atom. The van der Waals surface area contributed by atoms with E-state index in [1.165, 1.54) is 11.3 Å². The normalized spacial score (nSPS) is 10.6. The second-order valence-electron chi connectivity index (χ2n) is 5.50. The van der Waals surface area contributed by atoms with Crippen molar-refractivity contribution in [1.82, 2.24) is 4.98 Å². The third kappa shape index (κ3) is 4.03. The fourth-order valence-corrected chi connectivity index (χ4v) is 3.97. The number of rotatable bonds is 6. The van der Waals surface area contributed by atoms with Crippen molar-refractivity contribution in [2.24, 2.45) is 0 Å². The number of hydrogen-bond donors (Lipinski definition) is 0. The summed E-state index contributed by atoms with van der Waals surface area (Å²) >= 11 is 2.87. The number of thiazole rings is 1. The topological polar surface area (TPSA) is 56.3 Å². The number of carbonyl (C=O) groups is 2. The van der Waals surface area contributed by atoms with Gasteiger partial charge in [0.15, 0.2) is 12.4 Å². The second-order valence-corrected chi connectivity index (χ2v) is 7.27. The van der Waals surface area contributed by atoms with Gasteiger partial charge in [0.1, 0.15) is 9.88 Å². The highest BCUT2D eigenvalue weighted by molar-refractivity contribution is 7.17. The highest BCUT2D eigenvalue weighted by atomic mass is 32.1. The van der Waals surface area contributed by atoms with E-state index in [4.69, 9.17) is 4.74 Å². The largest absolute Gasteiger partial charge is 0.453 e. The van der Waals surface area contributed by atoms with Gasteiger partial charge in [-0.3, -0.25) is 4.79 Å². The summed E-state index contributed by atoms with van der Waals surface area (Å²) in [4.78, 5) is 29.3. The van der Waals surface area contributed by atoms with Crippen LogP contribution in [0.3, 0.4) is 0 Å². The molecule has 0 aliphatic carbocycles. The van der Waals surface area contributed by atoms with Crippen LogP contribution < -0.4 is 0 Å². The minimum absolute atomic E-state index is 0.212. The molecular weight excluding hydrogens is 354 g/mol. The summed E-state index contributed by atoms with van der Waals surface area (Å²) in [5.41, 5.74) is 3.32. The fourth-order valence-electron chi connectivity index (χ4n) is 2.30. The zero-order chi connectivity index (χ0) is 17.8. The highest BCUT2D eigenvalue weighted by Gasteiger charge is 2.19. The van der Waals surface area contributed by atoms with Gasteiger partial charge in [-0.2, -0.15) is 11.3 Å². The monoisotopic (exact) mass is 371 g/mol. The average molecular weight is 371 g/mol. The number of thiophene rings is 1. The van der Waals surface area contributed by atoms with Gasteiger partial charge in [-0.15, -0.1) is 11.3 Å². The van der Waals surface area contributed by atoms with E-state index in [2.05, 4.69) is 11.9 Å². The van der Waals surface area contributed by atoms with Crippen molar-refractivity contribution in [3.05, 3.63) is 62.8 Å². The molecule has 0 aliphatic heterocycles. The van der Waals surface area contributed by atoms with Gasteiger partial charge in [0.25, 0.3) is 0 Å². The summed E-state index contributed by atoms with van der Waals surface area (Å²) in [5.74, 6) is -0.716. The lowest BCUT2D eigenvalue weighted by Gasteiger charge is -2.04. The minimum atomic E-state index is -0.505. The summed E-state index contributed by atoms with van der Waals surface area (Å²) in [6.45, 7) is 3.56. The van der Waals surface area contributed by atoms with Gasteiger partial charge in [-0.25, -0.2) is 9.78 Å². The van der Waals surface area contributed by atoms with Gasteiger partial charge < -0.3 is 4.74 Å². The second kappa shape index (κ2) is 7.72. The maximum absolute atomic E-state index is 12.3. The third-order valence-corrected chi connectivity index (χ3v) is 5.64. The Morgan fingerprint density at radius 1 is 1.16 bits per heavy atom. The number of aromatic nitrogens is 1. The molecule has 0 saturated heterocycles. The van der Waals surface area contributed by atoms with Gasteiger partial charge >= 0.3 is 5.97 Å². The van der Waals surface area contributed by atoms with Gasteiger partial charge in [0.2, 0.25) is 0 Å². The van der Waals surface area contributed by atoms with Crippen LogP contribution in [0.1, 0.15) is 38.2 Å². The van der Waals surface area contributed by atoms with Crippen molar-refractivity contribution >= 4 is 34.4 Å². The Morgan fingerprint density at radius 2 is 1.92 bits per heavy atom. The number of benzene rings is 1. The van der Waals surface area contributed by atoms with Crippen molar-refractivity contribution < 1.29 is 14.3 Å². The van der Waals surface area contributed by atoms with E-state index in [9.17, 15) is 9.59 Å². The maximum atomic E-state index is 12.3. The first-order valence-electron chi connectivity index (χ1n) is 7.87. The molecule has 25 heavy (non-hydrogen) atoms. The van der Waals surface area contributed by atoms with E-state index >= 15 is 0 Å². The molecule has 0 unspecified atom stereocenters. The molecule has 0 spiro atoms. The van der Waals surface area contributed by atoms with Crippen LogP contribution in [0.2, 0.25) is 0 Å². The Kier molecular flexibility index (Phi) is 5.40. The molecule has 1 aromatic carbocycles. The van der Waals surface area contributed by atoms with Crippen molar-refractivity contribution in [3.63, 3.8) is 0 Å². The Bertz CT molecular complexity index is 880. The third-order valence-electron chi connectivity index (χ3n) is 3.77. The molecule has 3 aromatic rings. The predicted octanol–water partition coefficient (Wildman–Crippen LogP) is 4.78. The molecule has 2 heterocycles. The molecule has 0 fully saturated rings. The number of nitrogens with zero attached hydrogens (tertiary/aromatic N) is 1. The smallest absolute Gasteiger partial charge is 0.350 e. The van der Waals surface area contributed by atoms with Crippen molar-refractivity contribution in [2.45, 2.75) is 20.3 Å². The Balaban J connectivity index is 1.65. The van der Waals surface area contributed by atoms with E-state index in [0.29, 0.717) is 16.1 Å². The lowest BCUT2D eigenvalue weighted by Crippen LogP contribution is -2.14. The molecule has 0 atom stereocenters. The van der Waals surface area contributed by atoms with Crippen molar-refractivity contribution in [2.75, 3.05) is 6.61 Å². The Labute approximate surface area is 154 Å². The summed E-state index contributed by atoms with van der Waals surface area (Å²) in [6, 6.07) is 9.32. The van der Waals surface area contributed by atoms with Crippen LogP contribution in [0.25, 0.3) is 10.6 Å². The van der Waals surface area contributed by atoms with E-state index in [1.54, 1.807) is 30.4 Å². The lowest BCUT2D eigenvalue weighted by atomic mass is 10.1. The van der Waals surface area contributed by atoms with Crippen LogP contribution >= 0.6 is 22.7 Å². The SMILES string of the molecule is CCc1ccc(C(=O)COC(=O)c2sc(-c3ccsc3)nc2C)cc1. The molecule has 2 aromatic heterocycles. The zero-order valence-electron chi connectivity index (χ0n) is 13.9. The summed E-state index contributed by atoms with van der Waals surface area (Å²) in [7, 11) is 0. The van der Waals surface area contributed by atoms with E-state index < -0.39 is 5.97 Å². The van der Waals surface area contributed by atoms with Crippen LogP contribution in [0, 0.1) is 6.92 Å². The predicted molar refractivity (Wildman–Crippen MR) is 101 cm³/mol. The molecule has 3 rings (SSSR count). The molecular formula is C19H17NO3S2.